The van der Waals surface area contributed by atoms with Crippen LogP contribution in [0, 0.1) is 6.07 Å². The van der Waals surface area contributed by atoms with Crippen LogP contribution in [0.1, 0.15) is 21.5 Å². The topological polar surface area (TPSA) is 61.9 Å². The number of hydrogen-bond donors (Lipinski definition) is 0. The van der Waals surface area contributed by atoms with E-state index in [0.29, 0.717) is 18.7 Å². The van der Waals surface area contributed by atoms with Crippen LogP contribution in [0.25, 0.3) is 0 Å². The van der Waals surface area contributed by atoms with E-state index in [1.54, 1.807) is 27.8 Å². The van der Waals surface area contributed by atoms with Gasteiger partial charge in [0, 0.05) is 37.9 Å². The van der Waals surface area contributed by atoms with Crippen molar-refractivity contribution in [1.29, 1.82) is 0 Å². The van der Waals surface area contributed by atoms with Gasteiger partial charge in [-0.25, -0.2) is 0 Å². The Balaban J connectivity index is 0.00000100. The van der Waals surface area contributed by atoms with Crippen LogP contribution in [0.5, 0.6) is 0 Å². The van der Waals surface area contributed by atoms with E-state index >= 15 is 0 Å². The molecule has 0 aliphatic rings. The van der Waals surface area contributed by atoms with Crippen LogP contribution < -0.4 is 0 Å². The summed E-state index contributed by atoms with van der Waals surface area (Å²) in [7, 11) is 5.85. The normalized spacial score (nSPS) is 10.0. The van der Waals surface area contributed by atoms with Crippen molar-refractivity contribution >= 4 is 15.5 Å². The molecule has 0 unspecified atom stereocenters. The number of methoxy groups -OCH3 is 1. The Hall–Kier alpha value is -1.94. The standard InChI is InChI=1S/C16H15N4O2.ClH.Pd/c1-22-16(21)15-9-13(11-19-6-2-4-17-19)8-14(10-15)12-20-7-3-5-18-20;;/h2-9H,11-12H2,1H3;1H;/q-1;;+2/p-1. The van der Waals surface area contributed by atoms with Crippen LogP contribution in [0.3, 0.4) is 0 Å². The fourth-order valence-electron chi connectivity index (χ4n) is 2.24. The molecule has 0 saturated heterocycles. The van der Waals surface area contributed by atoms with E-state index in [0.717, 1.165) is 11.1 Å². The van der Waals surface area contributed by atoms with Gasteiger partial charge in [0.15, 0.2) is 0 Å². The van der Waals surface area contributed by atoms with Gasteiger partial charge in [-0.2, -0.15) is 10.2 Å². The van der Waals surface area contributed by atoms with Gasteiger partial charge in [-0.3, -0.25) is 9.36 Å². The minimum absolute atomic E-state index is 0.399. The van der Waals surface area contributed by atoms with E-state index < -0.39 is 5.97 Å². The molecule has 1 aromatic carbocycles. The first kappa shape index (κ1) is 18.4. The number of esters is 1. The van der Waals surface area contributed by atoms with Gasteiger partial charge in [0.05, 0.1) is 7.11 Å². The first-order valence-corrected chi connectivity index (χ1v) is 8.95. The second-order valence-corrected chi connectivity index (χ2v) is 4.83. The molecule has 2 aromatic heterocycles. The van der Waals surface area contributed by atoms with E-state index in [-0.39, 0.29) is 0 Å². The summed E-state index contributed by atoms with van der Waals surface area (Å²) in [6.45, 7) is 1.13. The molecule has 0 N–H and O–H groups in total. The van der Waals surface area contributed by atoms with Crippen molar-refractivity contribution in [1.82, 2.24) is 19.6 Å². The Morgan fingerprint density at radius 3 is 2.33 bits per heavy atom. The zero-order valence-electron chi connectivity index (χ0n) is 12.8. The van der Waals surface area contributed by atoms with Crippen LogP contribution in [0.2, 0.25) is 0 Å². The number of benzene rings is 1. The Morgan fingerprint density at radius 1 is 1.17 bits per heavy atom. The molecule has 24 heavy (non-hydrogen) atoms. The molecule has 8 heteroatoms. The van der Waals surface area contributed by atoms with Crippen molar-refractivity contribution in [2.45, 2.75) is 13.1 Å². The Labute approximate surface area is 154 Å². The van der Waals surface area contributed by atoms with Gasteiger partial charge in [0.2, 0.25) is 5.97 Å². The summed E-state index contributed by atoms with van der Waals surface area (Å²) < 4.78 is 8.38. The number of ether oxygens (including phenoxy) is 1. The summed E-state index contributed by atoms with van der Waals surface area (Å²) in [5.74, 6) is -0.399. The van der Waals surface area contributed by atoms with Crippen LogP contribution in [0.4, 0.5) is 0 Å². The van der Waals surface area contributed by atoms with E-state index in [9.17, 15) is 4.79 Å². The zero-order chi connectivity index (χ0) is 17.4. The van der Waals surface area contributed by atoms with Gasteiger partial charge >= 0.3 is 27.7 Å². The van der Waals surface area contributed by atoms with E-state index in [4.69, 9.17) is 4.74 Å². The Morgan fingerprint density at radius 2 is 1.79 bits per heavy atom. The van der Waals surface area contributed by atoms with Crippen molar-refractivity contribution in [2.24, 2.45) is 0 Å². The van der Waals surface area contributed by atoms with Crippen molar-refractivity contribution in [3.8, 4) is 0 Å². The molecule has 0 amide bonds. The Kier molecular flexibility index (Phi) is 7.19. The van der Waals surface area contributed by atoms with Crippen molar-refractivity contribution in [2.75, 3.05) is 7.11 Å². The first-order valence-electron chi connectivity index (χ1n) is 6.95. The molecule has 0 fully saturated rings. The van der Waals surface area contributed by atoms with Gasteiger partial charge in [0.1, 0.15) is 0 Å². The average Bonchev–Trinajstić information content (AvgIpc) is 3.30. The third-order valence-corrected chi connectivity index (χ3v) is 3.19. The maximum atomic E-state index is 11.8. The number of nitrogens with zero attached hydrogens (tertiary/aromatic N) is 4. The van der Waals surface area contributed by atoms with E-state index in [2.05, 4.69) is 44.0 Å². The van der Waals surface area contributed by atoms with Crippen molar-refractivity contribution < 1.29 is 27.7 Å². The second kappa shape index (κ2) is 9.38. The SMILES string of the molecule is COC(=O)c1[c-]c(Cn2cccn2)cc(Cn2cccn2)c1.[Cl][Pd+]. The van der Waals surface area contributed by atoms with Crippen LogP contribution in [0.15, 0.2) is 49.1 Å². The maximum absolute atomic E-state index is 11.8. The number of rotatable bonds is 5. The monoisotopic (exact) mass is 436 g/mol. The summed E-state index contributed by atoms with van der Waals surface area (Å²) >= 11 is 2.22. The first-order chi connectivity index (χ1) is 11.7. The number of carbonyl (C=O) groups is 1. The summed E-state index contributed by atoms with van der Waals surface area (Å²) in [6.07, 6.45) is 7.18. The third-order valence-electron chi connectivity index (χ3n) is 3.19. The quantitative estimate of drug-likeness (QED) is 0.350. The molecule has 0 radical (unpaired) electrons. The summed E-state index contributed by atoms with van der Waals surface area (Å²) in [5, 5.41) is 8.36. The van der Waals surface area contributed by atoms with Crippen molar-refractivity contribution in [3.63, 3.8) is 0 Å². The molecular formula is C16H15ClN4O2Pd. The molecule has 2 heterocycles. The van der Waals surface area contributed by atoms with Gasteiger partial charge in [-0.15, -0.1) is 29.3 Å². The summed E-state index contributed by atoms with van der Waals surface area (Å²) in [6, 6.07) is 10.6. The number of hydrogen-bond acceptors (Lipinski definition) is 4. The molecule has 3 rings (SSSR count). The summed E-state index contributed by atoms with van der Waals surface area (Å²) in [5.41, 5.74) is 2.24. The van der Waals surface area contributed by atoms with Crippen LogP contribution in [-0.2, 0) is 36.0 Å². The second-order valence-electron chi connectivity index (χ2n) is 4.83. The van der Waals surface area contributed by atoms with Gasteiger partial charge in [-0.1, -0.05) is 5.56 Å². The predicted octanol–water partition coefficient (Wildman–Crippen LogP) is 2.45. The molecule has 3 aromatic rings. The summed E-state index contributed by atoms with van der Waals surface area (Å²) in [4.78, 5) is 11.8. The fraction of sp³-hybridized carbons (Fsp3) is 0.188. The molecule has 0 bridgehead atoms. The third kappa shape index (κ3) is 5.03. The van der Waals surface area contributed by atoms with Gasteiger partial charge in [0.25, 0.3) is 0 Å². The van der Waals surface area contributed by atoms with Gasteiger partial charge < -0.3 is 9.53 Å². The molecule has 0 saturated carbocycles. The number of aromatic nitrogens is 4. The molecule has 0 aliphatic heterocycles. The molecule has 0 spiro atoms. The van der Waals surface area contributed by atoms with E-state index in [1.165, 1.54) is 7.11 Å². The number of halogens is 1. The average molecular weight is 437 g/mol. The molecule has 6 nitrogen and oxygen atoms in total. The molecule has 0 atom stereocenters. The molecule has 128 valence electrons. The van der Waals surface area contributed by atoms with Gasteiger partial charge in [-0.05, 0) is 12.1 Å². The minimum atomic E-state index is -0.399. The molecular weight excluding hydrogens is 422 g/mol. The van der Waals surface area contributed by atoms with E-state index in [1.807, 2.05) is 30.6 Å². The number of carbonyl (C=O) groups excluding carboxylic acids is 1. The zero-order valence-corrected chi connectivity index (χ0v) is 15.1. The van der Waals surface area contributed by atoms with Crippen LogP contribution >= 0.6 is 9.53 Å². The Bertz CT molecular complexity index is 706. The predicted molar refractivity (Wildman–Crippen MR) is 85.1 cm³/mol. The molecule has 0 aliphatic carbocycles. The van der Waals surface area contributed by atoms with Crippen LogP contribution in [-0.4, -0.2) is 32.6 Å². The fourth-order valence-corrected chi connectivity index (χ4v) is 2.24. The van der Waals surface area contributed by atoms with Crippen molar-refractivity contribution in [3.05, 3.63) is 71.8 Å².